The van der Waals surface area contributed by atoms with Gasteiger partial charge in [0.15, 0.2) is 0 Å². The molecule has 0 radical (unpaired) electrons. The number of aromatic nitrogens is 2. The van der Waals surface area contributed by atoms with Crippen molar-refractivity contribution in [3.8, 4) is 0 Å². The molecule has 1 rings (SSSR count). The molecular formula is C8H12N2O3. The summed E-state index contributed by atoms with van der Waals surface area (Å²) in [4.78, 5) is 17.2. The summed E-state index contributed by atoms with van der Waals surface area (Å²) in [6.07, 6.45) is 4.32. The third-order valence-electron chi connectivity index (χ3n) is 1.46. The molecule has 0 saturated carbocycles. The lowest BCUT2D eigenvalue weighted by molar-refractivity contribution is -0.141. The summed E-state index contributed by atoms with van der Waals surface area (Å²) in [7, 11) is 1.37. The number of methoxy groups -OCH3 is 1. The van der Waals surface area contributed by atoms with E-state index in [9.17, 15) is 4.79 Å². The van der Waals surface area contributed by atoms with Crippen molar-refractivity contribution in [1.82, 2.24) is 9.94 Å². The first-order valence-corrected chi connectivity index (χ1v) is 4.02. The predicted molar refractivity (Wildman–Crippen MR) is 44.9 cm³/mol. The lowest BCUT2D eigenvalue weighted by atomic mass is 10.3. The van der Waals surface area contributed by atoms with E-state index in [-0.39, 0.29) is 5.97 Å². The maximum Gasteiger partial charge on any atom is 0.305 e. The van der Waals surface area contributed by atoms with Crippen molar-refractivity contribution in [2.75, 3.05) is 13.7 Å². The van der Waals surface area contributed by atoms with Crippen LogP contribution in [-0.2, 0) is 9.53 Å². The van der Waals surface area contributed by atoms with Gasteiger partial charge >= 0.3 is 5.97 Å². The standard InChI is InChI=1S/C8H12N2O3/c1-12-8(11)4-2-7-13-10-6-3-5-9-10/h3,5-6H,2,4,7H2,1H3. The van der Waals surface area contributed by atoms with Crippen LogP contribution in [-0.4, -0.2) is 29.6 Å². The number of esters is 1. The largest absolute Gasteiger partial charge is 0.469 e. The van der Waals surface area contributed by atoms with Crippen molar-refractivity contribution in [3.05, 3.63) is 18.5 Å². The third-order valence-corrected chi connectivity index (χ3v) is 1.46. The minimum absolute atomic E-state index is 0.218. The SMILES string of the molecule is COC(=O)CCCOn1cccn1. The highest BCUT2D eigenvalue weighted by molar-refractivity contribution is 5.68. The van der Waals surface area contributed by atoms with Crippen LogP contribution in [0.25, 0.3) is 0 Å². The quantitative estimate of drug-likeness (QED) is 0.486. The Morgan fingerprint density at radius 3 is 3.08 bits per heavy atom. The molecule has 5 nitrogen and oxygen atoms in total. The fourth-order valence-corrected chi connectivity index (χ4v) is 0.808. The van der Waals surface area contributed by atoms with Crippen LogP contribution in [0, 0.1) is 0 Å². The zero-order chi connectivity index (χ0) is 9.52. The van der Waals surface area contributed by atoms with Crippen LogP contribution in [0.5, 0.6) is 0 Å². The van der Waals surface area contributed by atoms with Crippen LogP contribution in [0.2, 0.25) is 0 Å². The molecule has 1 heterocycles. The summed E-state index contributed by atoms with van der Waals surface area (Å²) in [6.45, 7) is 0.455. The summed E-state index contributed by atoms with van der Waals surface area (Å²) in [5.41, 5.74) is 0. The summed E-state index contributed by atoms with van der Waals surface area (Å²) < 4.78 is 4.47. The molecule has 0 N–H and O–H groups in total. The van der Waals surface area contributed by atoms with Crippen LogP contribution in [0.4, 0.5) is 0 Å². The van der Waals surface area contributed by atoms with Crippen molar-refractivity contribution < 1.29 is 14.4 Å². The van der Waals surface area contributed by atoms with Crippen molar-refractivity contribution in [2.24, 2.45) is 0 Å². The molecule has 0 saturated heterocycles. The molecule has 1 aromatic heterocycles. The molecule has 5 heteroatoms. The maximum absolute atomic E-state index is 10.7. The molecule has 0 atom stereocenters. The fraction of sp³-hybridized carbons (Fsp3) is 0.500. The Labute approximate surface area is 76.2 Å². The van der Waals surface area contributed by atoms with Gasteiger partial charge in [-0.05, 0) is 12.5 Å². The van der Waals surface area contributed by atoms with Crippen LogP contribution >= 0.6 is 0 Å². The summed E-state index contributed by atoms with van der Waals surface area (Å²) >= 11 is 0. The van der Waals surface area contributed by atoms with E-state index >= 15 is 0 Å². The van der Waals surface area contributed by atoms with Gasteiger partial charge in [-0.1, -0.05) is 0 Å². The van der Waals surface area contributed by atoms with Gasteiger partial charge in [0.05, 0.1) is 19.5 Å². The van der Waals surface area contributed by atoms with E-state index in [0.717, 1.165) is 0 Å². The highest BCUT2D eigenvalue weighted by atomic mass is 16.7. The van der Waals surface area contributed by atoms with Crippen LogP contribution in [0.15, 0.2) is 18.5 Å². The minimum Gasteiger partial charge on any atom is -0.469 e. The molecule has 0 aliphatic heterocycles. The smallest absolute Gasteiger partial charge is 0.305 e. The van der Waals surface area contributed by atoms with Crippen molar-refractivity contribution >= 4 is 5.97 Å². The molecule has 0 amide bonds. The second-order valence-corrected chi connectivity index (χ2v) is 2.42. The number of carbonyl (C=O) groups is 1. The average Bonchev–Trinajstić information content (AvgIpc) is 2.64. The van der Waals surface area contributed by atoms with E-state index in [1.165, 1.54) is 12.0 Å². The fourth-order valence-electron chi connectivity index (χ4n) is 0.808. The van der Waals surface area contributed by atoms with E-state index < -0.39 is 0 Å². The van der Waals surface area contributed by atoms with Gasteiger partial charge in [0.25, 0.3) is 0 Å². The second-order valence-electron chi connectivity index (χ2n) is 2.42. The van der Waals surface area contributed by atoms with Gasteiger partial charge in [-0.15, -0.1) is 9.94 Å². The molecule has 0 aliphatic rings. The second kappa shape index (κ2) is 5.18. The van der Waals surface area contributed by atoms with Gasteiger partial charge in [0, 0.05) is 6.42 Å². The molecule has 0 aliphatic carbocycles. The molecule has 1 aromatic rings. The molecular weight excluding hydrogens is 172 g/mol. The van der Waals surface area contributed by atoms with E-state index in [1.807, 2.05) is 0 Å². The summed E-state index contributed by atoms with van der Waals surface area (Å²) in [5.74, 6) is -0.218. The van der Waals surface area contributed by atoms with Gasteiger partial charge in [-0.3, -0.25) is 4.79 Å². The first kappa shape index (κ1) is 9.57. The number of hydrogen-bond donors (Lipinski definition) is 0. The summed E-state index contributed by atoms with van der Waals surface area (Å²) in [6, 6.07) is 1.76. The van der Waals surface area contributed by atoms with Gasteiger partial charge in [0.2, 0.25) is 0 Å². The molecule has 0 spiro atoms. The zero-order valence-corrected chi connectivity index (χ0v) is 7.47. The third kappa shape index (κ3) is 3.59. The van der Waals surface area contributed by atoms with Crippen molar-refractivity contribution in [2.45, 2.75) is 12.8 Å². The van der Waals surface area contributed by atoms with Gasteiger partial charge < -0.3 is 9.57 Å². The Morgan fingerprint density at radius 1 is 1.62 bits per heavy atom. The Morgan fingerprint density at radius 2 is 2.46 bits per heavy atom. The van der Waals surface area contributed by atoms with Gasteiger partial charge in [-0.2, -0.15) is 0 Å². The Balaban J connectivity index is 2.05. The van der Waals surface area contributed by atoms with Crippen LogP contribution in [0.1, 0.15) is 12.8 Å². The van der Waals surface area contributed by atoms with E-state index in [2.05, 4.69) is 9.84 Å². The topological polar surface area (TPSA) is 53.4 Å². The maximum atomic E-state index is 10.7. The van der Waals surface area contributed by atoms with E-state index in [1.54, 1.807) is 18.5 Å². The monoisotopic (exact) mass is 184 g/mol. The van der Waals surface area contributed by atoms with Crippen molar-refractivity contribution in [1.29, 1.82) is 0 Å². The highest BCUT2D eigenvalue weighted by Gasteiger charge is 1.99. The Hall–Kier alpha value is -1.52. The van der Waals surface area contributed by atoms with Gasteiger partial charge in [-0.25, -0.2) is 0 Å². The predicted octanol–water partition coefficient (Wildman–Crippen LogP) is 0.265. The molecule has 72 valence electrons. The zero-order valence-electron chi connectivity index (χ0n) is 7.47. The molecule has 13 heavy (non-hydrogen) atoms. The first-order valence-electron chi connectivity index (χ1n) is 4.02. The number of rotatable bonds is 5. The van der Waals surface area contributed by atoms with Crippen LogP contribution in [0.3, 0.4) is 0 Å². The van der Waals surface area contributed by atoms with Gasteiger partial charge in [0.1, 0.15) is 6.61 Å². The van der Waals surface area contributed by atoms with Crippen molar-refractivity contribution in [3.63, 3.8) is 0 Å². The molecule has 0 unspecified atom stereocenters. The molecule has 0 bridgehead atoms. The Kier molecular flexibility index (Phi) is 3.81. The first-order chi connectivity index (χ1) is 6.33. The lowest BCUT2D eigenvalue weighted by Crippen LogP contribution is -2.14. The average molecular weight is 184 g/mol. The highest BCUT2D eigenvalue weighted by Crippen LogP contribution is 1.90. The normalized spacial score (nSPS) is 9.62. The number of carbonyl (C=O) groups excluding carboxylic acids is 1. The lowest BCUT2D eigenvalue weighted by Gasteiger charge is -2.03. The molecule has 0 aromatic carbocycles. The van der Waals surface area contributed by atoms with E-state index in [4.69, 9.17) is 4.84 Å². The van der Waals surface area contributed by atoms with Crippen LogP contribution < -0.4 is 4.84 Å². The molecule has 0 fully saturated rings. The summed E-state index contributed by atoms with van der Waals surface area (Å²) in [5, 5.41) is 3.83. The Bertz CT molecular complexity index is 246. The van der Waals surface area contributed by atoms with E-state index in [0.29, 0.717) is 19.4 Å². The number of hydrogen-bond acceptors (Lipinski definition) is 4. The minimum atomic E-state index is -0.218. The number of ether oxygens (including phenoxy) is 1. The number of nitrogens with zero attached hydrogens (tertiary/aromatic N) is 2.